The number of nitrogens with one attached hydrogen (secondary N) is 1. The standard InChI is InChI=1S/C15H10F4N2O3S/c16-7-4-8(17)13(19)11(12(7)18)15(23)21-2-1-6-3-9(14(22)20-24)25-10(6)5-21/h3-4,24H,1-2,5H2,(H,20,22). The van der Waals surface area contributed by atoms with Gasteiger partial charge >= 0.3 is 0 Å². The first-order valence-electron chi connectivity index (χ1n) is 7.01. The highest BCUT2D eigenvalue weighted by Gasteiger charge is 2.31. The van der Waals surface area contributed by atoms with Crippen LogP contribution in [0.5, 0.6) is 0 Å². The van der Waals surface area contributed by atoms with E-state index in [1.54, 1.807) is 0 Å². The summed E-state index contributed by atoms with van der Waals surface area (Å²) < 4.78 is 54.2. The molecule has 10 heteroatoms. The Bertz CT molecular complexity index is 858. The van der Waals surface area contributed by atoms with E-state index in [4.69, 9.17) is 5.21 Å². The maximum Gasteiger partial charge on any atom is 0.284 e. The first kappa shape index (κ1) is 17.4. The van der Waals surface area contributed by atoms with Crippen molar-refractivity contribution in [2.75, 3.05) is 6.54 Å². The number of thiophene rings is 1. The Balaban J connectivity index is 1.91. The molecule has 1 aromatic heterocycles. The van der Waals surface area contributed by atoms with Crippen molar-refractivity contribution in [2.45, 2.75) is 13.0 Å². The second-order valence-electron chi connectivity index (χ2n) is 5.32. The summed E-state index contributed by atoms with van der Waals surface area (Å²) in [5.74, 6) is -8.71. The molecule has 0 aliphatic carbocycles. The number of halogens is 4. The number of carbonyl (C=O) groups excluding carboxylic acids is 2. The molecule has 132 valence electrons. The minimum absolute atomic E-state index is 0.0365. The van der Waals surface area contributed by atoms with E-state index in [1.807, 2.05) is 0 Å². The number of rotatable bonds is 2. The largest absolute Gasteiger partial charge is 0.333 e. The van der Waals surface area contributed by atoms with Gasteiger partial charge in [-0.3, -0.25) is 14.8 Å². The summed E-state index contributed by atoms with van der Waals surface area (Å²) >= 11 is 0.997. The number of hydrogen-bond donors (Lipinski definition) is 2. The predicted octanol–water partition coefficient (Wildman–Crippen LogP) is 2.62. The molecule has 0 bridgehead atoms. The molecule has 0 unspecified atom stereocenters. The van der Waals surface area contributed by atoms with E-state index < -0.39 is 40.6 Å². The van der Waals surface area contributed by atoms with E-state index in [0.29, 0.717) is 4.88 Å². The van der Waals surface area contributed by atoms with E-state index in [1.165, 1.54) is 11.5 Å². The van der Waals surface area contributed by atoms with E-state index >= 15 is 0 Å². The van der Waals surface area contributed by atoms with Crippen molar-refractivity contribution in [3.63, 3.8) is 0 Å². The molecule has 0 fully saturated rings. The minimum atomic E-state index is -1.75. The average molecular weight is 374 g/mol. The SMILES string of the molecule is O=C(NO)c1cc2c(s1)CN(C(=O)c1c(F)c(F)cc(F)c1F)CC2. The molecule has 2 N–H and O–H groups in total. The number of nitrogens with zero attached hydrogens (tertiary/aromatic N) is 1. The monoisotopic (exact) mass is 374 g/mol. The quantitative estimate of drug-likeness (QED) is 0.368. The van der Waals surface area contributed by atoms with Gasteiger partial charge in [0.05, 0.1) is 11.4 Å². The van der Waals surface area contributed by atoms with Gasteiger partial charge in [-0.1, -0.05) is 0 Å². The fraction of sp³-hybridized carbons (Fsp3) is 0.200. The third-order valence-electron chi connectivity index (χ3n) is 3.82. The van der Waals surface area contributed by atoms with E-state index in [9.17, 15) is 27.2 Å². The van der Waals surface area contributed by atoms with Crippen LogP contribution in [0.4, 0.5) is 17.6 Å². The molecule has 0 saturated carbocycles. The zero-order valence-corrected chi connectivity index (χ0v) is 13.2. The summed E-state index contributed by atoms with van der Waals surface area (Å²) in [4.78, 5) is 25.6. The van der Waals surface area contributed by atoms with Crippen LogP contribution in [-0.2, 0) is 13.0 Å². The molecule has 2 amide bonds. The lowest BCUT2D eigenvalue weighted by Gasteiger charge is -2.27. The molecule has 1 aliphatic rings. The number of benzene rings is 1. The Kier molecular flexibility index (Phi) is 4.48. The van der Waals surface area contributed by atoms with Crippen molar-refractivity contribution in [1.82, 2.24) is 10.4 Å². The molecular formula is C15H10F4N2O3S. The van der Waals surface area contributed by atoms with Crippen molar-refractivity contribution >= 4 is 23.2 Å². The summed E-state index contributed by atoms with van der Waals surface area (Å²) in [5, 5.41) is 8.64. The normalized spacial score (nSPS) is 13.6. The maximum absolute atomic E-state index is 13.8. The van der Waals surface area contributed by atoms with Gasteiger partial charge < -0.3 is 4.90 Å². The fourth-order valence-corrected chi connectivity index (χ4v) is 3.70. The van der Waals surface area contributed by atoms with Crippen LogP contribution in [0.3, 0.4) is 0 Å². The molecule has 0 radical (unpaired) electrons. The average Bonchev–Trinajstić information content (AvgIpc) is 3.02. The van der Waals surface area contributed by atoms with Gasteiger partial charge in [-0.15, -0.1) is 11.3 Å². The Morgan fingerprint density at radius 2 is 1.76 bits per heavy atom. The fourth-order valence-electron chi connectivity index (χ4n) is 2.58. The van der Waals surface area contributed by atoms with E-state index in [2.05, 4.69) is 0 Å². The highest BCUT2D eigenvalue weighted by molar-refractivity contribution is 7.14. The van der Waals surface area contributed by atoms with Gasteiger partial charge in [-0.25, -0.2) is 23.0 Å². The first-order valence-corrected chi connectivity index (χ1v) is 7.83. The van der Waals surface area contributed by atoms with Crippen LogP contribution in [0.15, 0.2) is 12.1 Å². The van der Waals surface area contributed by atoms with Crippen LogP contribution in [0.25, 0.3) is 0 Å². The Morgan fingerprint density at radius 3 is 2.36 bits per heavy atom. The molecule has 3 rings (SSSR count). The minimum Gasteiger partial charge on any atom is -0.333 e. The van der Waals surface area contributed by atoms with Gasteiger partial charge in [0.1, 0.15) is 5.56 Å². The van der Waals surface area contributed by atoms with Crippen molar-refractivity contribution < 1.29 is 32.4 Å². The van der Waals surface area contributed by atoms with E-state index in [0.717, 1.165) is 21.8 Å². The summed E-state index contributed by atoms with van der Waals surface area (Å²) in [6.07, 6.45) is 0.289. The summed E-state index contributed by atoms with van der Waals surface area (Å²) in [5.41, 5.74) is 0.949. The molecule has 2 heterocycles. The smallest absolute Gasteiger partial charge is 0.284 e. The number of hydroxylamine groups is 1. The lowest BCUT2D eigenvalue weighted by molar-refractivity contribution is 0.0708. The Hall–Kier alpha value is -2.46. The third-order valence-corrected chi connectivity index (χ3v) is 4.98. The molecular weight excluding hydrogens is 364 g/mol. The van der Waals surface area contributed by atoms with Crippen LogP contribution in [0.1, 0.15) is 30.5 Å². The van der Waals surface area contributed by atoms with Gasteiger partial charge in [-0.2, -0.15) is 0 Å². The van der Waals surface area contributed by atoms with Crippen molar-refractivity contribution in [3.8, 4) is 0 Å². The molecule has 1 aliphatic heterocycles. The Labute approximate surface area is 142 Å². The molecule has 1 aromatic carbocycles. The second kappa shape index (κ2) is 6.45. The van der Waals surface area contributed by atoms with Crippen LogP contribution in [-0.4, -0.2) is 28.5 Å². The van der Waals surface area contributed by atoms with Gasteiger partial charge in [0.15, 0.2) is 23.3 Å². The van der Waals surface area contributed by atoms with Crippen LogP contribution < -0.4 is 5.48 Å². The highest BCUT2D eigenvalue weighted by Crippen LogP contribution is 2.30. The van der Waals surface area contributed by atoms with Gasteiger partial charge in [0, 0.05) is 17.5 Å². The third kappa shape index (κ3) is 2.98. The molecule has 0 atom stereocenters. The van der Waals surface area contributed by atoms with Crippen LogP contribution in [0, 0.1) is 23.3 Å². The topological polar surface area (TPSA) is 69.6 Å². The van der Waals surface area contributed by atoms with Crippen LogP contribution in [0.2, 0.25) is 0 Å². The van der Waals surface area contributed by atoms with Gasteiger partial charge in [-0.05, 0) is 18.1 Å². The van der Waals surface area contributed by atoms with Crippen molar-refractivity contribution in [2.24, 2.45) is 0 Å². The van der Waals surface area contributed by atoms with Gasteiger partial charge in [0.25, 0.3) is 11.8 Å². The maximum atomic E-state index is 13.8. The molecule has 5 nitrogen and oxygen atoms in total. The molecule has 0 spiro atoms. The molecule has 25 heavy (non-hydrogen) atoms. The summed E-state index contributed by atoms with van der Waals surface area (Å²) in [7, 11) is 0. The number of amides is 2. The zero-order valence-electron chi connectivity index (χ0n) is 12.4. The number of carbonyl (C=O) groups is 2. The van der Waals surface area contributed by atoms with Gasteiger partial charge in [0.2, 0.25) is 0 Å². The lowest BCUT2D eigenvalue weighted by atomic mass is 10.1. The van der Waals surface area contributed by atoms with Crippen molar-refractivity contribution in [1.29, 1.82) is 0 Å². The first-order chi connectivity index (χ1) is 11.8. The van der Waals surface area contributed by atoms with E-state index in [-0.39, 0.29) is 30.5 Å². The molecule has 0 saturated heterocycles. The van der Waals surface area contributed by atoms with Crippen LogP contribution >= 0.6 is 11.3 Å². The summed E-state index contributed by atoms with van der Waals surface area (Å²) in [6, 6.07) is 1.57. The highest BCUT2D eigenvalue weighted by atomic mass is 32.1. The Morgan fingerprint density at radius 1 is 1.12 bits per heavy atom. The zero-order chi connectivity index (χ0) is 18.3. The predicted molar refractivity (Wildman–Crippen MR) is 78.3 cm³/mol. The summed E-state index contributed by atoms with van der Waals surface area (Å²) in [6.45, 7) is -0.0195. The number of fused-ring (bicyclic) bond motifs is 1. The lowest BCUT2D eigenvalue weighted by Crippen LogP contribution is -2.36. The van der Waals surface area contributed by atoms with Crippen molar-refractivity contribution in [3.05, 3.63) is 56.3 Å². The number of hydrogen-bond acceptors (Lipinski definition) is 4. The molecule has 2 aromatic rings. The second-order valence-corrected chi connectivity index (χ2v) is 6.46.